The van der Waals surface area contributed by atoms with E-state index in [-0.39, 0.29) is 23.5 Å². The van der Waals surface area contributed by atoms with E-state index < -0.39 is 27.9 Å². The van der Waals surface area contributed by atoms with E-state index >= 15 is 0 Å². The second-order valence-electron chi connectivity index (χ2n) is 5.01. The van der Waals surface area contributed by atoms with Crippen molar-refractivity contribution in [1.82, 2.24) is 4.31 Å². The van der Waals surface area contributed by atoms with E-state index in [9.17, 15) is 18.0 Å². The molecule has 1 aromatic rings. The SMILES string of the molecule is CCN(CC(C)C(=O)OC)S(=O)(=O)c1ccc(Br)c(C(=O)OC)c1. The Bertz CT molecular complexity index is 719. The third-order valence-electron chi connectivity index (χ3n) is 3.41. The molecule has 0 aliphatic carbocycles. The number of rotatable bonds is 7. The Hall–Kier alpha value is -1.45. The molecule has 0 bridgehead atoms. The van der Waals surface area contributed by atoms with Gasteiger partial charge in [0.05, 0.1) is 30.6 Å². The number of carbonyl (C=O) groups is 2. The molecule has 0 saturated heterocycles. The summed E-state index contributed by atoms with van der Waals surface area (Å²) < 4.78 is 36.4. The van der Waals surface area contributed by atoms with Crippen LogP contribution in [0.1, 0.15) is 24.2 Å². The van der Waals surface area contributed by atoms with Crippen LogP contribution in [0.2, 0.25) is 0 Å². The van der Waals surface area contributed by atoms with E-state index in [1.165, 1.54) is 36.7 Å². The number of carbonyl (C=O) groups excluding carboxylic acids is 2. The van der Waals surface area contributed by atoms with Gasteiger partial charge < -0.3 is 9.47 Å². The van der Waals surface area contributed by atoms with Crippen molar-refractivity contribution in [2.75, 3.05) is 27.3 Å². The number of sulfonamides is 1. The van der Waals surface area contributed by atoms with Crippen LogP contribution in [0.15, 0.2) is 27.6 Å². The van der Waals surface area contributed by atoms with Crippen LogP contribution < -0.4 is 0 Å². The number of ether oxygens (including phenoxy) is 2. The highest BCUT2D eigenvalue weighted by Crippen LogP contribution is 2.24. The van der Waals surface area contributed by atoms with Crippen LogP contribution in [-0.2, 0) is 24.3 Å². The topological polar surface area (TPSA) is 90.0 Å². The molecule has 0 aliphatic heterocycles. The van der Waals surface area contributed by atoms with E-state index in [1.54, 1.807) is 13.8 Å². The summed E-state index contributed by atoms with van der Waals surface area (Å²) in [6.07, 6.45) is 0. The summed E-state index contributed by atoms with van der Waals surface area (Å²) in [5.74, 6) is -1.75. The van der Waals surface area contributed by atoms with Crippen LogP contribution in [0.5, 0.6) is 0 Å². The van der Waals surface area contributed by atoms with Crippen molar-refractivity contribution in [2.24, 2.45) is 5.92 Å². The first-order valence-corrected chi connectivity index (χ1v) is 9.38. The lowest BCUT2D eigenvalue weighted by molar-refractivity contribution is -0.145. The zero-order valence-corrected chi connectivity index (χ0v) is 16.3. The molecule has 9 heteroatoms. The summed E-state index contributed by atoms with van der Waals surface area (Å²) in [4.78, 5) is 23.2. The maximum Gasteiger partial charge on any atom is 0.339 e. The van der Waals surface area contributed by atoms with E-state index in [1.807, 2.05) is 0 Å². The molecule has 0 N–H and O–H groups in total. The Morgan fingerprint density at radius 2 is 1.88 bits per heavy atom. The Morgan fingerprint density at radius 1 is 1.25 bits per heavy atom. The second kappa shape index (κ2) is 8.59. The van der Waals surface area contributed by atoms with Gasteiger partial charge in [-0.1, -0.05) is 13.8 Å². The van der Waals surface area contributed by atoms with Crippen molar-refractivity contribution in [2.45, 2.75) is 18.7 Å². The van der Waals surface area contributed by atoms with Gasteiger partial charge in [-0.15, -0.1) is 0 Å². The molecule has 1 rings (SSSR count). The molecule has 0 aromatic heterocycles. The standard InChI is InChI=1S/C15H20BrNO6S/c1-5-17(9-10(2)14(18)22-3)24(20,21)11-6-7-13(16)12(8-11)15(19)23-4/h6-8,10H,5,9H2,1-4H3. The first-order valence-electron chi connectivity index (χ1n) is 7.14. The van der Waals surface area contributed by atoms with Gasteiger partial charge in [0.15, 0.2) is 0 Å². The first kappa shape index (κ1) is 20.6. The molecule has 0 saturated carbocycles. The maximum atomic E-state index is 12.8. The first-order chi connectivity index (χ1) is 11.2. The molecule has 0 amide bonds. The molecule has 24 heavy (non-hydrogen) atoms. The summed E-state index contributed by atoms with van der Waals surface area (Å²) >= 11 is 3.19. The van der Waals surface area contributed by atoms with Gasteiger partial charge in [0.2, 0.25) is 10.0 Å². The summed E-state index contributed by atoms with van der Waals surface area (Å²) in [6, 6.07) is 4.10. The zero-order chi connectivity index (χ0) is 18.5. The molecule has 0 spiro atoms. The monoisotopic (exact) mass is 421 g/mol. The number of hydrogen-bond acceptors (Lipinski definition) is 6. The van der Waals surface area contributed by atoms with Crippen molar-refractivity contribution in [1.29, 1.82) is 0 Å². The number of halogens is 1. The normalized spacial score (nSPS) is 12.8. The molecule has 0 fully saturated rings. The smallest absolute Gasteiger partial charge is 0.339 e. The Balaban J connectivity index is 3.22. The highest BCUT2D eigenvalue weighted by atomic mass is 79.9. The van der Waals surface area contributed by atoms with Gasteiger partial charge in [-0.25, -0.2) is 13.2 Å². The van der Waals surface area contributed by atoms with Gasteiger partial charge in [-0.3, -0.25) is 4.79 Å². The molecular formula is C15H20BrNO6S. The van der Waals surface area contributed by atoms with Crippen LogP contribution >= 0.6 is 15.9 Å². The van der Waals surface area contributed by atoms with E-state index in [4.69, 9.17) is 0 Å². The molecule has 0 radical (unpaired) electrons. The zero-order valence-electron chi connectivity index (χ0n) is 13.9. The van der Waals surface area contributed by atoms with Gasteiger partial charge in [0.1, 0.15) is 0 Å². The lowest BCUT2D eigenvalue weighted by Crippen LogP contribution is -2.37. The van der Waals surface area contributed by atoms with Gasteiger partial charge in [0, 0.05) is 17.6 Å². The minimum absolute atomic E-state index is 0.0187. The quantitative estimate of drug-likeness (QED) is 0.625. The van der Waals surface area contributed by atoms with Crippen LogP contribution in [0.25, 0.3) is 0 Å². The fourth-order valence-electron chi connectivity index (χ4n) is 2.06. The average molecular weight is 422 g/mol. The number of benzene rings is 1. The largest absolute Gasteiger partial charge is 0.469 e. The fourth-order valence-corrected chi connectivity index (χ4v) is 4.03. The Labute approximate surface area is 150 Å². The van der Waals surface area contributed by atoms with Crippen molar-refractivity contribution in [3.8, 4) is 0 Å². The molecule has 134 valence electrons. The molecular weight excluding hydrogens is 402 g/mol. The van der Waals surface area contributed by atoms with E-state index in [0.717, 1.165) is 0 Å². The van der Waals surface area contributed by atoms with Gasteiger partial charge in [-0.2, -0.15) is 4.31 Å². The fraction of sp³-hybridized carbons (Fsp3) is 0.467. The minimum Gasteiger partial charge on any atom is -0.469 e. The summed E-state index contributed by atoms with van der Waals surface area (Å²) in [5, 5.41) is 0. The number of methoxy groups -OCH3 is 2. The summed E-state index contributed by atoms with van der Waals surface area (Å²) in [7, 11) is -1.41. The van der Waals surface area contributed by atoms with E-state index in [2.05, 4.69) is 25.4 Å². The Morgan fingerprint density at radius 3 is 2.38 bits per heavy atom. The predicted octanol–water partition coefficient (Wildman–Crippen LogP) is 2.06. The molecule has 1 atom stereocenters. The van der Waals surface area contributed by atoms with Crippen LogP contribution in [-0.4, -0.2) is 52.0 Å². The minimum atomic E-state index is -3.87. The lowest BCUT2D eigenvalue weighted by Gasteiger charge is -2.23. The predicted molar refractivity (Wildman–Crippen MR) is 91.1 cm³/mol. The number of nitrogens with zero attached hydrogens (tertiary/aromatic N) is 1. The van der Waals surface area contributed by atoms with Crippen molar-refractivity contribution in [3.05, 3.63) is 28.2 Å². The second-order valence-corrected chi connectivity index (χ2v) is 7.81. The maximum absolute atomic E-state index is 12.8. The average Bonchev–Trinajstić information content (AvgIpc) is 2.57. The van der Waals surface area contributed by atoms with Crippen molar-refractivity contribution < 1.29 is 27.5 Å². The molecule has 7 nitrogen and oxygen atoms in total. The van der Waals surface area contributed by atoms with Gasteiger partial charge in [0.25, 0.3) is 0 Å². The summed E-state index contributed by atoms with van der Waals surface area (Å²) in [6.45, 7) is 3.41. The number of hydrogen-bond donors (Lipinski definition) is 0. The third-order valence-corrected chi connectivity index (χ3v) is 6.04. The lowest BCUT2D eigenvalue weighted by atomic mass is 10.2. The number of esters is 2. The highest BCUT2D eigenvalue weighted by molar-refractivity contribution is 9.10. The molecule has 1 aromatic carbocycles. The molecule has 0 aliphatic rings. The van der Waals surface area contributed by atoms with E-state index in [0.29, 0.717) is 4.47 Å². The Kier molecular flexibility index (Phi) is 7.37. The van der Waals surface area contributed by atoms with Crippen LogP contribution in [0.4, 0.5) is 0 Å². The highest BCUT2D eigenvalue weighted by Gasteiger charge is 2.28. The third kappa shape index (κ3) is 4.55. The van der Waals surface area contributed by atoms with Gasteiger partial charge in [-0.05, 0) is 34.1 Å². The van der Waals surface area contributed by atoms with Crippen LogP contribution in [0.3, 0.4) is 0 Å². The van der Waals surface area contributed by atoms with Gasteiger partial charge >= 0.3 is 11.9 Å². The van der Waals surface area contributed by atoms with Crippen molar-refractivity contribution in [3.63, 3.8) is 0 Å². The molecule has 1 unspecified atom stereocenters. The summed E-state index contributed by atoms with van der Waals surface area (Å²) in [5.41, 5.74) is 0.107. The van der Waals surface area contributed by atoms with Crippen molar-refractivity contribution >= 4 is 37.9 Å². The van der Waals surface area contributed by atoms with Crippen LogP contribution in [0, 0.1) is 5.92 Å². The molecule has 0 heterocycles.